The fourth-order valence-electron chi connectivity index (χ4n) is 2.02. The Morgan fingerprint density at radius 1 is 1.10 bits per heavy atom. The lowest BCUT2D eigenvalue weighted by Gasteiger charge is -2.15. The van der Waals surface area contributed by atoms with E-state index in [2.05, 4.69) is 4.98 Å². The summed E-state index contributed by atoms with van der Waals surface area (Å²) in [4.78, 5) is 26.3. The van der Waals surface area contributed by atoms with Gasteiger partial charge in [-0.25, -0.2) is 4.79 Å². The number of aromatic nitrogens is 2. The van der Waals surface area contributed by atoms with Gasteiger partial charge in [0.05, 0.1) is 6.07 Å². The summed E-state index contributed by atoms with van der Waals surface area (Å²) < 4.78 is 6.78. The molecule has 0 aliphatic rings. The third-order valence-electron chi connectivity index (χ3n) is 3.03. The summed E-state index contributed by atoms with van der Waals surface area (Å²) in [5.41, 5.74) is 0.156. The van der Waals surface area contributed by atoms with Gasteiger partial charge in [0.1, 0.15) is 6.10 Å². The van der Waals surface area contributed by atoms with Crippen molar-refractivity contribution >= 4 is 0 Å². The van der Waals surface area contributed by atoms with Crippen molar-refractivity contribution in [3.05, 3.63) is 62.8 Å². The summed E-state index contributed by atoms with van der Waals surface area (Å²) in [5.74, 6) is 0.188. The van der Waals surface area contributed by atoms with Crippen molar-refractivity contribution < 1.29 is 4.74 Å². The van der Waals surface area contributed by atoms with Gasteiger partial charge in [-0.05, 0) is 26.3 Å². The smallest absolute Gasteiger partial charge is 0.331 e. The van der Waals surface area contributed by atoms with Crippen LogP contribution in [0.2, 0.25) is 0 Å². The normalized spacial score (nSPS) is 12.4. The van der Waals surface area contributed by atoms with E-state index >= 15 is 0 Å². The Bertz CT molecular complexity index is 655. The first-order valence-corrected chi connectivity index (χ1v) is 6.56. The molecule has 1 heterocycles. The van der Waals surface area contributed by atoms with Gasteiger partial charge in [0, 0.05) is 6.04 Å². The second-order valence-electron chi connectivity index (χ2n) is 4.91. The SMILES string of the molecule is CC(C)n1c(=O)cc(O[C@@H](C)c2ccccc2)[nH]c1=O. The van der Waals surface area contributed by atoms with Gasteiger partial charge in [-0.1, -0.05) is 30.3 Å². The van der Waals surface area contributed by atoms with E-state index in [1.807, 2.05) is 37.3 Å². The lowest BCUT2D eigenvalue weighted by atomic mass is 10.1. The summed E-state index contributed by atoms with van der Waals surface area (Å²) in [6.07, 6.45) is -0.249. The number of hydrogen-bond donors (Lipinski definition) is 1. The van der Waals surface area contributed by atoms with Gasteiger partial charge in [-0.15, -0.1) is 0 Å². The first-order chi connectivity index (χ1) is 9.49. The van der Waals surface area contributed by atoms with Crippen LogP contribution >= 0.6 is 0 Å². The Kier molecular flexibility index (Phi) is 4.08. The lowest BCUT2D eigenvalue weighted by molar-refractivity contribution is 0.215. The third kappa shape index (κ3) is 2.99. The number of nitrogens with one attached hydrogen (secondary N) is 1. The molecule has 0 aliphatic heterocycles. The highest BCUT2D eigenvalue weighted by Crippen LogP contribution is 2.17. The van der Waals surface area contributed by atoms with Gasteiger partial charge < -0.3 is 4.74 Å². The molecule has 1 N–H and O–H groups in total. The summed E-state index contributed by atoms with van der Waals surface area (Å²) >= 11 is 0. The molecule has 0 saturated carbocycles. The molecule has 0 saturated heterocycles. The standard InChI is InChI=1S/C15H18N2O3/c1-10(2)17-14(18)9-13(16-15(17)19)20-11(3)12-7-5-4-6-8-12/h4-11H,1-3H3,(H,16,19)/t11-/m0/s1. The molecule has 20 heavy (non-hydrogen) atoms. The van der Waals surface area contributed by atoms with Crippen molar-refractivity contribution in [3.63, 3.8) is 0 Å². The van der Waals surface area contributed by atoms with E-state index in [0.717, 1.165) is 10.1 Å². The van der Waals surface area contributed by atoms with Crippen LogP contribution in [0.25, 0.3) is 0 Å². The molecule has 5 nitrogen and oxygen atoms in total. The summed E-state index contributed by atoms with van der Waals surface area (Å²) in [7, 11) is 0. The topological polar surface area (TPSA) is 64.1 Å². The first kappa shape index (κ1) is 14.1. The molecule has 0 spiro atoms. The van der Waals surface area contributed by atoms with Crippen LogP contribution < -0.4 is 16.0 Å². The average molecular weight is 274 g/mol. The number of benzene rings is 1. The zero-order valence-corrected chi connectivity index (χ0v) is 11.8. The molecule has 106 valence electrons. The molecular formula is C15H18N2O3. The maximum absolute atomic E-state index is 11.9. The van der Waals surface area contributed by atoms with Crippen LogP contribution in [-0.4, -0.2) is 9.55 Å². The lowest BCUT2D eigenvalue weighted by Crippen LogP contribution is -2.36. The molecule has 2 aromatic rings. The second-order valence-corrected chi connectivity index (χ2v) is 4.91. The predicted octanol–water partition coefficient (Wildman–Crippen LogP) is 2.26. The van der Waals surface area contributed by atoms with Crippen molar-refractivity contribution in [3.8, 4) is 5.88 Å². The van der Waals surface area contributed by atoms with E-state index in [0.29, 0.717) is 0 Å². The van der Waals surface area contributed by atoms with Crippen molar-refractivity contribution in [1.82, 2.24) is 9.55 Å². The monoisotopic (exact) mass is 274 g/mol. The Hall–Kier alpha value is -2.30. The van der Waals surface area contributed by atoms with Crippen LogP contribution in [0.4, 0.5) is 0 Å². The van der Waals surface area contributed by atoms with E-state index in [1.165, 1.54) is 6.07 Å². The van der Waals surface area contributed by atoms with E-state index in [4.69, 9.17) is 4.74 Å². The van der Waals surface area contributed by atoms with Gasteiger partial charge in [0.25, 0.3) is 5.56 Å². The third-order valence-corrected chi connectivity index (χ3v) is 3.03. The maximum atomic E-state index is 11.9. The van der Waals surface area contributed by atoms with Crippen LogP contribution in [0.1, 0.15) is 38.5 Å². The average Bonchev–Trinajstić information content (AvgIpc) is 2.38. The molecule has 0 radical (unpaired) electrons. The number of nitrogens with zero attached hydrogens (tertiary/aromatic N) is 1. The number of aromatic amines is 1. The predicted molar refractivity (Wildman–Crippen MR) is 77.2 cm³/mol. The maximum Gasteiger partial charge on any atom is 0.331 e. The number of hydrogen-bond acceptors (Lipinski definition) is 3. The molecule has 2 rings (SSSR count). The Morgan fingerprint density at radius 3 is 2.30 bits per heavy atom. The highest BCUT2D eigenvalue weighted by Gasteiger charge is 2.11. The van der Waals surface area contributed by atoms with Crippen LogP contribution in [0.3, 0.4) is 0 Å². The Morgan fingerprint density at radius 2 is 1.75 bits per heavy atom. The minimum atomic E-state index is -0.456. The number of H-pyrrole nitrogens is 1. The fraction of sp³-hybridized carbons (Fsp3) is 0.333. The molecule has 0 unspecified atom stereocenters. The van der Waals surface area contributed by atoms with E-state index in [-0.39, 0.29) is 23.6 Å². The molecular weight excluding hydrogens is 256 g/mol. The molecule has 1 aromatic heterocycles. The van der Waals surface area contributed by atoms with Gasteiger partial charge in [-0.2, -0.15) is 0 Å². The van der Waals surface area contributed by atoms with E-state index in [9.17, 15) is 9.59 Å². The van der Waals surface area contributed by atoms with Crippen molar-refractivity contribution in [1.29, 1.82) is 0 Å². The van der Waals surface area contributed by atoms with Crippen LogP contribution in [0, 0.1) is 0 Å². The van der Waals surface area contributed by atoms with Gasteiger partial charge in [0.2, 0.25) is 5.88 Å². The molecule has 5 heteroatoms. The van der Waals surface area contributed by atoms with E-state index in [1.54, 1.807) is 13.8 Å². The van der Waals surface area contributed by atoms with Crippen molar-refractivity contribution in [2.24, 2.45) is 0 Å². The Labute approximate surface area is 116 Å². The van der Waals surface area contributed by atoms with Gasteiger partial charge >= 0.3 is 5.69 Å². The van der Waals surface area contributed by atoms with Crippen LogP contribution in [0.5, 0.6) is 5.88 Å². The summed E-state index contributed by atoms with van der Waals surface area (Å²) in [6.45, 7) is 5.43. The van der Waals surface area contributed by atoms with Gasteiger partial charge in [0.15, 0.2) is 0 Å². The number of ether oxygens (including phenoxy) is 1. The zero-order chi connectivity index (χ0) is 14.7. The molecule has 1 aromatic carbocycles. The highest BCUT2D eigenvalue weighted by atomic mass is 16.5. The molecule has 0 bridgehead atoms. The second kappa shape index (κ2) is 5.77. The molecule has 0 amide bonds. The minimum absolute atomic E-state index is 0.188. The van der Waals surface area contributed by atoms with Crippen LogP contribution in [0.15, 0.2) is 46.0 Å². The van der Waals surface area contributed by atoms with Gasteiger partial charge in [-0.3, -0.25) is 14.3 Å². The minimum Gasteiger partial charge on any atom is -0.471 e. The highest BCUT2D eigenvalue weighted by molar-refractivity contribution is 5.18. The summed E-state index contributed by atoms with van der Waals surface area (Å²) in [5, 5.41) is 0. The zero-order valence-electron chi connectivity index (χ0n) is 11.8. The number of rotatable bonds is 4. The first-order valence-electron chi connectivity index (χ1n) is 6.56. The quantitative estimate of drug-likeness (QED) is 0.930. The fourth-order valence-corrected chi connectivity index (χ4v) is 2.02. The molecule has 0 fully saturated rings. The summed E-state index contributed by atoms with van der Waals surface area (Å²) in [6, 6.07) is 10.7. The molecule has 1 atom stereocenters. The van der Waals surface area contributed by atoms with Crippen molar-refractivity contribution in [2.45, 2.75) is 32.9 Å². The van der Waals surface area contributed by atoms with Crippen LogP contribution in [-0.2, 0) is 0 Å². The Balaban J connectivity index is 2.28. The molecule has 0 aliphatic carbocycles. The van der Waals surface area contributed by atoms with E-state index < -0.39 is 5.69 Å². The van der Waals surface area contributed by atoms with Crippen molar-refractivity contribution in [2.75, 3.05) is 0 Å². The largest absolute Gasteiger partial charge is 0.471 e.